The zero-order valence-corrected chi connectivity index (χ0v) is 13.9. The van der Waals surface area contributed by atoms with Gasteiger partial charge in [-0.1, -0.05) is 23.2 Å². The van der Waals surface area contributed by atoms with E-state index in [-0.39, 0.29) is 24.4 Å². The number of hydrogen-bond donors (Lipinski definition) is 1. The minimum atomic E-state index is -0.0562. The third-order valence-electron chi connectivity index (χ3n) is 3.50. The Labute approximate surface area is 144 Å². The number of nitrogens with two attached hydrogens (primary N) is 1. The molecule has 5 nitrogen and oxygen atoms in total. The summed E-state index contributed by atoms with van der Waals surface area (Å²) in [5.41, 5.74) is 7.03. The van der Waals surface area contributed by atoms with Crippen molar-refractivity contribution in [1.29, 1.82) is 0 Å². The molecule has 0 radical (unpaired) electrons. The van der Waals surface area contributed by atoms with E-state index < -0.39 is 0 Å². The van der Waals surface area contributed by atoms with E-state index in [1.165, 1.54) is 6.20 Å². The summed E-state index contributed by atoms with van der Waals surface area (Å²) in [6.45, 7) is 1.28. The van der Waals surface area contributed by atoms with E-state index >= 15 is 0 Å². The maximum Gasteiger partial charge on any atom is 0.257 e. The van der Waals surface area contributed by atoms with Crippen LogP contribution in [-0.2, 0) is 0 Å². The molecule has 118 valence electrons. The van der Waals surface area contributed by atoms with Gasteiger partial charge >= 0.3 is 0 Å². The van der Waals surface area contributed by atoms with Gasteiger partial charge in [0.2, 0.25) is 0 Å². The fourth-order valence-electron chi connectivity index (χ4n) is 2.39. The molecule has 22 heavy (non-hydrogen) atoms. The first-order valence-corrected chi connectivity index (χ1v) is 7.35. The quantitative estimate of drug-likeness (QED) is 0.894. The van der Waals surface area contributed by atoms with Gasteiger partial charge in [0.05, 0.1) is 22.5 Å². The minimum absolute atomic E-state index is 0. The number of halogens is 3. The van der Waals surface area contributed by atoms with Gasteiger partial charge in [0.1, 0.15) is 0 Å². The van der Waals surface area contributed by atoms with Crippen LogP contribution < -0.4 is 5.73 Å². The predicted octanol–water partition coefficient (Wildman–Crippen LogP) is 2.77. The van der Waals surface area contributed by atoms with Gasteiger partial charge in [-0.05, 0) is 24.6 Å². The average Bonchev–Trinajstić information content (AvgIpc) is 3.07. The summed E-state index contributed by atoms with van der Waals surface area (Å²) in [5.74, 6) is -0.0562. The Bertz CT molecular complexity index is 688. The fourth-order valence-corrected chi connectivity index (χ4v) is 2.88. The summed E-state index contributed by atoms with van der Waals surface area (Å²) in [7, 11) is 0. The van der Waals surface area contributed by atoms with Crippen molar-refractivity contribution >= 4 is 41.5 Å². The number of amides is 1. The molecular weight excluding hydrogens is 347 g/mol. The Morgan fingerprint density at radius 3 is 2.77 bits per heavy atom. The van der Waals surface area contributed by atoms with Gasteiger partial charge in [-0.2, -0.15) is 5.10 Å². The number of benzene rings is 1. The second-order valence-electron chi connectivity index (χ2n) is 5.07. The molecule has 0 saturated carbocycles. The number of aromatic nitrogens is 2. The number of likely N-dealkylation sites (tertiary alicyclic amines) is 1. The van der Waals surface area contributed by atoms with Crippen molar-refractivity contribution in [3.8, 4) is 5.69 Å². The zero-order valence-electron chi connectivity index (χ0n) is 11.6. The molecule has 1 aliphatic rings. The van der Waals surface area contributed by atoms with Crippen LogP contribution >= 0.6 is 35.6 Å². The summed E-state index contributed by atoms with van der Waals surface area (Å²) in [5, 5.41) is 5.23. The van der Waals surface area contributed by atoms with Gasteiger partial charge in [-0.15, -0.1) is 12.4 Å². The highest BCUT2D eigenvalue weighted by Crippen LogP contribution is 2.24. The first kappa shape index (κ1) is 17.1. The van der Waals surface area contributed by atoms with Crippen molar-refractivity contribution in [3.05, 3.63) is 46.2 Å². The van der Waals surface area contributed by atoms with Crippen molar-refractivity contribution in [2.45, 2.75) is 12.5 Å². The fraction of sp³-hybridized carbons (Fsp3) is 0.286. The van der Waals surface area contributed by atoms with Crippen molar-refractivity contribution in [2.24, 2.45) is 5.73 Å². The maximum absolute atomic E-state index is 12.3. The SMILES string of the molecule is Cl.N[C@@H]1CCN(C(=O)c2cnn(-c3ccc(Cl)cc3Cl)c2)C1. The van der Waals surface area contributed by atoms with Crippen LogP contribution in [-0.4, -0.2) is 39.7 Å². The van der Waals surface area contributed by atoms with Crippen molar-refractivity contribution in [3.63, 3.8) is 0 Å². The number of hydrogen-bond acceptors (Lipinski definition) is 3. The summed E-state index contributed by atoms with van der Waals surface area (Å²) >= 11 is 12.0. The van der Waals surface area contributed by atoms with Gasteiger partial charge in [0.25, 0.3) is 5.91 Å². The number of rotatable bonds is 2. The first-order valence-electron chi connectivity index (χ1n) is 6.59. The topological polar surface area (TPSA) is 64.2 Å². The maximum atomic E-state index is 12.3. The van der Waals surface area contributed by atoms with Gasteiger partial charge in [-0.25, -0.2) is 4.68 Å². The zero-order chi connectivity index (χ0) is 15.0. The second kappa shape index (κ2) is 6.87. The minimum Gasteiger partial charge on any atom is -0.337 e. The van der Waals surface area contributed by atoms with E-state index in [2.05, 4.69) is 5.10 Å². The van der Waals surface area contributed by atoms with E-state index in [1.807, 2.05) is 0 Å². The first-order chi connectivity index (χ1) is 10.0. The summed E-state index contributed by atoms with van der Waals surface area (Å²) < 4.78 is 1.57. The molecule has 1 saturated heterocycles. The normalized spacial score (nSPS) is 17.4. The third-order valence-corrected chi connectivity index (χ3v) is 4.04. The van der Waals surface area contributed by atoms with Crippen molar-refractivity contribution in [2.75, 3.05) is 13.1 Å². The third kappa shape index (κ3) is 3.38. The highest BCUT2D eigenvalue weighted by molar-refractivity contribution is 6.35. The smallest absolute Gasteiger partial charge is 0.257 e. The lowest BCUT2D eigenvalue weighted by Gasteiger charge is -2.14. The predicted molar refractivity (Wildman–Crippen MR) is 89.3 cm³/mol. The standard InChI is InChI=1S/C14H14Cl2N4O.ClH/c15-10-1-2-13(12(16)5-10)20-7-9(6-18-20)14(21)19-4-3-11(17)8-19;/h1-2,5-7,11H,3-4,8,17H2;1H/t11-;/m1./s1. The van der Waals surface area contributed by atoms with Crippen LogP contribution in [0.4, 0.5) is 0 Å². The molecule has 1 aromatic carbocycles. The van der Waals surface area contributed by atoms with Gasteiger partial charge in [0, 0.05) is 30.4 Å². The number of carbonyl (C=O) groups excluding carboxylic acids is 1. The molecule has 1 amide bonds. The highest BCUT2D eigenvalue weighted by Gasteiger charge is 2.25. The van der Waals surface area contributed by atoms with Crippen LogP contribution in [0, 0.1) is 0 Å². The molecule has 1 fully saturated rings. The lowest BCUT2D eigenvalue weighted by Crippen LogP contribution is -2.31. The Morgan fingerprint density at radius 2 is 2.14 bits per heavy atom. The van der Waals surface area contributed by atoms with Gasteiger partial charge < -0.3 is 10.6 Å². The molecule has 0 spiro atoms. The van der Waals surface area contributed by atoms with Gasteiger partial charge in [-0.3, -0.25) is 4.79 Å². The number of nitrogens with zero attached hydrogens (tertiary/aromatic N) is 3. The van der Waals surface area contributed by atoms with E-state index in [0.29, 0.717) is 34.4 Å². The molecule has 2 aromatic rings. The Kier molecular flexibility index (Phi) is 5.34. The summed E-state index contributed by atoms with van der Waals surface area (Å²) in [6.07, 6.45) is 4.04. The number of carbonyl (C=O) groups is 1. The van der Waals surface area contributed by atoms with Crippen LogP contribution in [0.5, 0.6) is 0 Å². The molecule has 1 aliphatic heterocycles. The van der Waals surface area contributed by atoms with E-state index in [4.69, 9.17) is 28.9 Å². The van der Waals surface area contributed by atoms with Gasteiger partial charge in [0.15, 0.2) is 0 Å². The largest absolute Gasteiger partial charge is 0.337 e. The van der Waals surface area contributed by atoms with Crippen LogP contribution in [0.2, 0.25) is 10.0 Å². The summed E-state index contributed by atoms with van der Waals surface area (Å²) in [4.78, 5) is 14.1. The lowest BCUT2D eigenvalue weighted by molar-refractivity contribution is 0.0791. The van der Waals surface area contributed by atoms with E-state index in [1.54, 1.807) is 34.0 Å². The molecule has 1 atom stereocenters. The Balaban J connectivity index is 0.00000176. The van der Waals surface area contributed by atoms with Crippen molar-refractivity contribution < 1.29 is 4.79 Å². The highest BCUT2D eigenvalue weighted by atomic mass is 35.5. The Morgan fingerprint density at radius 1 is 1.36 bits per heavy atom. The molecule has 8 heteroatoms. The second-order valence-corrected chi connectivity index (χ2v) is 5.91. The molecule has 0 bridgehead atoms. The van der Waals surface area contributed by atoms with Crippen LogP contribution in [0.15, 0.2) is 30.6 Å². The van der Waals surface area contributed by atoms with Crippen LogP contribution in [0.3, 0.4) is 0 Å². The van der Waals surface area contributed by atoms with Crippen LogP contribution in [0.25, 0.3) is 5.69 Å². The Hall–Kier alpha value is -1.27. The molecular formula is C14H15Cl3N4O. The van der Waals surface area contributed by atoms with Crippen LogP contribution in [0.1, 0.15) is 16.8 Å². The van der Waals surface area contributed by atoms with E-state index in [9.17, 15) is 4.79 Å². The molecule has 0 aliphatic carbocycles. The summed E-state index contributed by atoms with van der Waals surface area (Å²) in [6, 6.07) is 5.19. The monoisotopic (exact) mass is 360 g/mol. The average molecular weight is 362 g/mol. The molecule has 1 aromatic heterocycles. The van der Waals surface area contributed by atoms with Crippen molar-refractivity contribution in [1.82, 2.24) is 14.7 Å². The van der Waals surface area contributed by atoms with E-state index in [0.717, 1.165) is 6.42 Å². The lowest BCUT2D eigenvalue weighted by atomic mass is 10.3. The molecule has 2 heterocycles. The molecule has 3 rings (SSSR count). The molecule has 2 N–H and O–H groups in total. The molecule has 0 unspecified atom stereocenters.